The lowest BCUT2D eigenvalue weighted by atomic mass is 9.76. The molecule has 1 aromatic carbocycles. The van der Waals surface area contributed by atoms with Crippen LogP contribution in [0.4, 0.5) is 18.9 Å². The van der Waals surface area contributed by atoms with Crippen molar-refractivity contribution in [2.45, 2.75) is 57.7 Å². The topological polar surface area (TPSA) is 110 Å². The minimum absolute atomic E-state index is 0.0291. The number of H-pyrrole nitrogens is 1. The number of nitrogens with one attached hydrogen (secondary N) is 3. The molecule has 1 aromatic heterocycles. The molecule has 35 heavy (non-hydrogen) atoms. The van der Waals surface area contributed by atoms with Crippen LogP contribution in [-0.4, -0.2) is 48.2 Å². The number of benzene rings is 1. The summed E-state index contributed by atoms with van der Waals surface area (Å²) in [6, 6.07) is 4.05. The number of aromatic amines is 1. The summed E-state index contributed by atoms with van der Waals surface area (Å²) in [5.41, 5.74) is 0.130. The Bertz CT molecular complexity index is 1110. The lowest BCUT2D eigenvalue weighted by Gasteiger charge is -2.30. The van der Waals surface area contributed by atoms with Gasteiger partial charge in [-0.3, -0.25) is 4.79 Å². The van der Waals surface area contributed by atoms with Gasteiger partial charge in [-0.25, -0.2) is 9.59 Å². The van der Waals surface area contributed by atoms with Gasteiger partial charge >= 0.3 is 18.1 Å². The molecular formula is C24H28F3N3O5. The Hall–Kier alpha value is -3.08. The third kappa shape index (κ3) is 5.44. The summed E-state index contributed by atoms with van der Waals surface area (Å²) in [4.78, 5) is 39.6. The van der Waals surface area contributed by atoms with Gasteiger partial charge in [0, 0.05) is 11.1 Å². The fourth-order valence-corrected chi connectivity index (χ4v) is 5.15. The van der Waals surface area contributed by atoms with Gasteiger partial charge in [-0.1, -0.05) is 32.1 Å². The molecule has 3 N–H and O–H groups in total. The highest BCUT2D eigenvalue weighted by Crippen LogP contribution is 2.37. The first-order valence-electron chi connectivity index (χ1n) is 11.8. The van der Waals surface area contributed by atoms with Crippen LogP contribution < -0.4 is 15.4 Å². The van der Waals surface area contributed by atoms with Crippen molar-refractivity contribution in [3.05, 3.63) is 23.9 Å². The number of anilines is 1. The number of aromatic nitrogens is 1. The predicted molar refractivity (Wildman–Crippen MR) is 121 cm³/mol. The Balaban J connectivity index is 1.60. The largest absolute Gasteiger partial charge is 0.491 e. The Kier molecular flexibility index (Phi) is 7.34. The second kappa shape index (κ2) is 10.3. The Morgan fingerprint density at radius 2 is 1.86 bits per heavy atom. The highest BCUT2D eigenvalue weighted by atomic mass is 19.4. The number of carbonyl (C=O) groups is 3. The Morgan fingerprint density at radius 1 is 1.11 bits per heavy atom. The standard InChI is InChI=1S/C24H28F3N3O5/c1-2-34-22(32)19-20(35-23(33)24(25,26)27)16-12-14(8-9-17(16)30-19)29-21(31)18-15(10-11-28-18)13-6-4-3-5-7-13/h8-9,12-13,15,18,28,30H,2-7,10-11H2,1H3,(H,29,31)/t15-,18-/m0/s1. The van der Waals surface area contributed by atoms with Crippen LogP contribution in [0.15, 0.2) is 18.2 Å². The minimum atomic E-state index is -5.26. The van der Waals surface area contributed by atoms with Crippen LogP contribution >= 0.6 is 0 Å². The molecule has 2 atom stereocenters. The van der Waals surface area contributed by atoms with Crippen molar-refractivity contribution < 1.29 is 37.0 Å². The van der Waals surface area contributed by atoms with Gasteiger partial charge in [0.15, 0.2) is 11.4 Å². The molecule has 190 valence electrons. The molecule has 1 amide bonds. The minimum Gasteiger partial charge on any atom is -0.461 e. The lowest BCUT2D eigenvalue weighted by molar-refractivity contribution is -0.189. The molecule has 2 fully saturated rings. The first kappa shape index (κ1) is 25.0. The second-order valence-corrected chi connectivity index (χ2v) is 8.97. The van der Waals surface area contributed by atoms with E-state index in [4.69, 9.17) is 4.74 Å². The van der Waals surface area contributed by atoms with Gasteiger partial charge in [0.1, 0.15) is 0 Å². The number of fused-ring (bicyclic) bond motifs is 1. The SMILES string of the molecule is CCOC(=O)c1[nH]c2ccc(NC(=O)[C@H]3NCC[C@H]3C3CCCCC3)cc2c1OC(=O)C(F)(F)F. The normalized spacial score (nSPS) is 21.1. The van der Waals surface area contributed by atoms with E-state index in [1.54, 1.807) is 6.07 Å². The van der Waals surface area contributed by atoms with Crippen molar-refractivity contribution in [1.29, 1.82) is 0 Å². The van der Waals surface area contributed by atoms with Crippen molar-refractivity contribution in [1.82, 2.24) is 10.3 Å². The molecular weight excluding hydrogens is 467 g/mol. The number of hydrogen-bond acceptors (Lipinski definition) is 6. The zero-order valence-corrected chi connectivity index (χ0v) is 19.3. The Morgan fingerprint density at radius 3 is 2.54 bits per heavy atom. The first-order chi connectivity index (χ1) is 16.7. The maximum atomic E-state index is 13.1. The lowest BCUT2D eigenvalue weighted by Crippen LogP contribution is -2.42. The number of ether oxygens (including phenoxy) is 2. The van der Waals surface area contributed by atoms with Crippen LogP contribution in [0.25, 0.3) is 10.9 Å². The highest BCUT2D eigenvalue weighted by Gasteiger charge is 2.43. The summed E-state index contributed by atoms with van der Waals surface area (Å²) in [7, 11) is 0. The number of rotatable bonds is 6. The molecule has 4 rings (SSSR count). The summed E-state index contributed by atoms with van der Waals surface area (Å²) in [6.07, 6.45) is 1.43. The molecule has 1 saturated carbocycles. The maximum absolute atomic E-state index is 13.1. The fraction of sp³-hybridized carbons (Fsp3) is 0.542. The molecule has 0 bridgehead atoms. The number of carbonyl (C=O) groups excluding carboxylic acids is 3. The summed E-state index contributed by atoms with van der Waals surface area (Å²) in [5.74, 6) is -3.55. The van der Waals surface area contributed by atoms with Crippen molar-refractivity contribution in [3.8, 4) is 5.75 Å². The van der Waals surface area contributed by atoms with Crippen molar-refractivity contribution in [2.24, 2.45) is 11.8 Å². The molecule has 0 unspecified atom stereocenters. The number of hydrogen-bond donors (Lipinski definition) is 3. The third-order valence-electron chi connectivity index (χ3n) is 6.73. The van der Waals surface area contributed by atoms with E-state index in [9.17, 15) is 27.6 Å². The van der Waals surface area contributed by atoms with Crippen LogP contribution in [-0.2, 0) is 14.3 Å². The number of amides is 1. The van der Waals surface area contributed by atoms with Crippen molar-refractivity contribution in [2.75, 3.05) is 18.5 Å². The van der Waals surface area contributed by atoms with Gasteiger partial charge in [0.2, 0.25) is 5.91 Å². The monoisotopic (exact) mass is 495 g/mol. The zero-order chi connectivity index (χ0) is 25.2. The summed E-state index contributed by atoms with van der Waals surface area (Å²) in [6.45, 7) is 2.25. The van der Waals surface area contributed by atoms with Gasteiger partial charge in [-0.2, -0.15) is 13.2 Å². The average Bonchev–Trinajstić information content (AvgIpc) is 3.45. The molecule has 11 heteroatoms. The van der Waals surface area contributed by atoms with Crippen LogP contribution in [0.1, 0.15) is 55.9 Å². The number of halogens is 3. The third-order valence-corrected chi connectivity index (χ3v) is 6.73. The van der Waals surface area contributed by atoms with Crippen LogP contribution in [0, 0.1) is 11.8 Å². The molecule has 1 saturated heterocycles. The van der Waals surface area contributed by atoms with Crippen LogP contribution in [0.5, 0.6) is 5.75 Å². The molecule has 2 aromatic rings. The van der Waals surface area contributed by atoms with Crippen LogP contribution in [0.3, 0.4) is 0 Å². The maximum Gasteiger partial charge on any atom is 0.491 e. The van der Waals surface area contributed by atoms with E-state index in [1.165, 1.54) is 38.3 Å². The molecule has 0 radical (unpaired) electrons. The molecule has 8 nitrogen and oxygen atoms in total. The average molecular weight is 495 g/mol. The van der Waals surface area contributed by atoms with E-state index < -0.39 is 29.6 Å². The van der Waals surface area contributed by atoms with Gasteiger partial charge in [-0.15, -0.1) is 0 Å². The van der Waals surface area contributed by atoms with E-state index in [-0.39, 0.29) is 35.4 Å². The van der Waals surface area contributed by atoms with Crippen LogP contribution in [0.2, 0.25) is 0 Å². The smallest absolute Gasteiger partial charge is 0.461 e. The predicted octanol–water partition coefficient (Wildman–Crippen LogP) is 4.31. The van der Waals surface area contributed by atoms with Gasteiger partial charge in [0.25, 0.3) is 0 Å². The number of alkyl halides is 3. The molecule has 1 aliphatic heterocycles. The van der Waals surface area contributed by atoms with E-state index in [0.717, 1.165) is 25.8 Å². The quantitative estimate of drug-likeness (QED) is 0.516. The summed E-state index contributed by atoms with van der Waals surface area (Å²) >= 11 is 0. The number of esters is 2. The van der Waals surface area contributed by atoms with E-state index in [2.05, 4.69) is 20.4 Å². The van der Waals surface area contributed by atoms with Crippen molar-refractivity contribution >= 4 is 34.4 Å². The zero-order valence-electron chi connectivity index (χ0n) is 19.3. The molecule has 2 aliphatic rings. The molecule has 1 aliphatic carbocycles. The highest BCUT2D eigenvalue weighted by molar-refractivity contribution is 6.04. The van der Waals surface area contributed by atoms with Crippen molar-refractivity contribution in [3.63, 3.8) is 0 Å². The Labute approximate surface area is 199 Å². The fourth-order valence-electron chi connectivity index (χ4n) is 5.15. The first-order valence-corrected chi connectivity index (χ1v) is 11.8. The second-order valence-electron chi connectivity index (χ2n) is 8.97. The summed E-state index contributed by atoms with van der Waals surface area (Å²) < 4.78 is 48.1. The molecule has 0 spiro atoms. The molecule has 2 heterocycles. The van der Waals surface area contributed by atoms with E-state index in [1.807, 2.05) is 0 Å². The van der Waals surface area contributed by atoms with Gasteiger partial charge in [-0.05, 0) is 49.9 Å². The van der Waals surface area contributed by atoms with E-state index >= 15 is 0 Å². The summed E-state index contributed by atoms with van der Waals surface area (Å²) in [5, 5.41) is 6.13. The van der Waals surface area contributed by atoms with Gasteiger partial charge in [0.05, 0.1) is 18.2 Å². The van der Waals surface area contributed by atoms with E-state index in [0.29, 0.717) is 11.6 Å². The van der Waals surface area contributed by atoms with Gasteiger partial charge < -0.3 is 25.1 Å².